The first kappa shape index (κ1) is 20.3. The number of ketones is 1. The Labute approximate surface area is 180 Å². The summed E-state index contributed by atoms with van der Waals surface area (Å²) in [4.78, 5) is 14.2. The summed E-state index contributed by atoms with van der Waals surface area (Å²) in [5, 5.41) is 1.71. The molecule has 0 amide bonds. The number of benzene rings is 2. The first-order valence-corrected chi connectivity index (χ1v) is 13.2. The van der Waals surface area contributed by atoms with E-state index in [1.165, 1.54) is 12.8 Å². The predicted octanol–water partition coefficient (Wildman–Crippen LogP) is 5.81. The Hall–Kier alpha value is -1.66. The SMILES string of the molecule is CC(C)(CP(=O)(c1ccccc1)c1ccccc1)C(=O)C12C[C@]3(C)CC1C[C@]3(C)C2. The van der Waals surface area contributed by atoms with Gasteiger partial charge in [0.1, 0.15) is 12.9 Å². The first-order valence-electron chi connectivity index (χ1n) is 11.3. The number of hydrogen-bond donors (Lipinski definition) is 0. The van der Waals surface area contributed by atoms with E-state index in [-0.39, 0.29) is 5.41 Å². The number of carbonyl (C=O) groups excluding carboxylic acids is 1. The van der Waals surface area contributed by atoms with Gasteiger partial charge in [-0.05, 0) is 42.4 Å². The lowest BCUT2D eigenvalue weighted by atomic mass is 9.68. The lowest BCUT2D eigenvalue weighted by molar-refractivity contribution is -0.137. The summed E-state index contributed by atoms with van der Waals surface area (Å²) in [5.41, 5.74) is -0.191. The Bertz CT molecular complexity index is 978. The fourth-order valence-electron chi connectivity index (χ4n) is 7.68. The van der Waals surface area contributed by atoms with E-state index in [1.807, 2.05) is 60.7 Å². The number of carbonyl (C=O) groups is 1. The van der Waals surface area contributed by atoms with Crippen molar-refractivity contribution in [2.45, 2.75) is 53.4 Å². The molecular formula is C27H33O2P. The zero-order chi connectivity index (χ0) is 21.4. The van der Waals surface area contributed by atoms with Crippen molar-refractivity contribution in [3.8, 4) is 0 Å². The summed E-state index contributed by atoms with van der Waals surface area (Å²) in [5.74, 6) is 0.893. The molecule has 2 unspecified atom stereocenters. The van der Waals surface area contributed by atoms with Gasteiger partial charge in [-0.1, -0.05) is 88.4 Å². The molecule has 4 aliphatic carbocycles. The van der Waals surface area contributed by atoms with Crippen molar-refractivity contribution in [2.24, 2.45) is 27.6 Å². The van der Waals surface area contributed by atoms with Gasteiger partial charge >= 0.3 is 0 Å². The van der Waals surface area contributed by atoms with Crippen molar-refractivity contribution in [3.63, 3.8) is 0 Å². The zero-order valence-corrected chi connectivity index (χ0v) is 19.5. The maximum absolute atomic E-state index is 14.6. The van der Waals surface area contributed by atoms with Gasteiger partial charge in [0.05, 0.1) is 0 Å². The van der Waals surface area contributed by atoms with Crippen molar-refractivity contribution in [2.75, 3.05) is 6.16 Å². The van der Waals surface area contributed by atoms with Crippen molar-refractivity contribution < 1.29 is 9.36 Å². The summed E-state index contributed by atoms with van der Waals surface area (Å²) in [6.07, 6.45) is 4.85. The minimum Gasteiger partial charge on any atom is -0.314 e. The van der Waals surface area contributed by atoms with Crippen LogP contribution >= 0.6 is 7.14 Å². The molecular weight excluding hydrogens is 387 g/mol. The van der Waals surface area contributed by atoms with Gasteiger partial charge in [0.2, 0.25) is 0 Å². The lowest BCUT2D eigenvalue weighted by Crippen LogP contribution is -2.43. The molecule has 4 bridgehead atoms. The van der Waals surface area contributed by atoms with Gasteiger partial charge in [-0.3, -0.25) is 4.79 Å². The number of rotatable bonds is 6. The largest absolute Gasteiger partial charge is 0.314 e. The third kappa shape index (κ3) is 2.56. The van der Waals surface area contributed by atoms with Crippen molar-refractivity contribution in [3.05, 3.63) is 60.7 Å². The zero-order valence-electron chi connectivity index (χ0n) is 18.7. The van der Waals surface area contributed by atoms with Crippen LogP contribution in [0.5, 0.6) is 0 Å². The summed E-state index contributed by atoms with van der Waals surface area (Å²) in [7, 11) is -2.93. The summed E-state index contributed by atoms with van der Waals surface area (Å²) < 4.78 is 14.6. The van der Waals surface area contributed by atoms with Gasteiger partial charge in [-0.25, -0.2) is 0 Å². The summed E-state index contributed by atoms with van der Waals surface area (Å²) in [6, 6.07) is 19.6. The molecule has 4 atom stereocenters. The summed E-state index contributed by atoms with van der Waals surface area (Å²) in [6.45, 7) is 8.91. The Balaban J connectivity index is 1.53. The quantitative estimate of drug-likeness (QED) is 0.553. The van der Waals surface area contributed by atoms with Crippen LogP contribution in [0, 0.1) is 27.6 Å². The van der Waals surface area contributed by atoms with E-state index >= 15 is 0 Å². The summed E-state index contributed by atoms with van der Waals surface area (Å²) >= 11 is 0. The lowest BCUT2D eigenvalue weighted by Gasteiger charge is -2.38. The smallest absolute Gasteiger partial charge is 0.145 e. The molecule has 158 valence electrons. The van der Waals surface area contributed by atoms with Gasteiger partial charge in [0.15, 0.2) is 0 Å². The van der Waals surface area contributed by atoms with Crippen LogP contribution in [0.3, 0.4) is 0 Å². The molecule has 2 aromatic carbocycles. The number of Topliss-reactive ketones (excluding diaryl/α,β-unsaturated/α-hetero) is 1. The maximum Gasteiger partial charge on any atom is 0.145 e. The Morgan fingerprint density at radius 1 is 0.900 bits per heavy atom. The second-order valence-corrected chi connectivity index (χ2v) is 14.3. The monoisotopic (exact) mass is 420 g/mol. The highest BCUT2D eigenvalue weighted by Gasteiger charge is 2.76. The second-order valence-electron chi connectivity index (χ2n) is 11.5. The van der Waals surface area contributed by atoms with Gasteiger partial charge in [0, 0.05) is 27.6 Å². The van der Waals surface area contributed by atoms with E-state index in [0.29, 0.717) is 28.7 Å². The Kier molecular flexibility index (Phi) is 4.18. The normalized spacial score (nSPS) is 34.6. The van der Waals surface area contributed by atoms with E-state index in [0.717, 1.165) is 23.5 Å². The van der Waals surface area contributed by atoms with Gasteiger partial charge in [-0.2, -0.15) is 0 Å². The molecule has 0 heterocycles. The van der Waals surface area contributed by atoms with Crippen LogP contribution in [-0.4, -0.2) is 11.9 Å². The van der Waals surface area contributed by atoms with E-state index in [4.69, 9.17) is 0 Å². The molecule has 4 aliphatic rings. The average Bonchev–Trinajstić information content (AvgIpc) is 3.32. The molecule has 2 nitrogen and oxygen atoms in total. The molecule has 4 fully saturated rings. The van der Waals surface area contributed by atoms with E-state index in [1.54, 1.807) is 0 Å². The maximum atomic E-state index is 14.6. The van der Waals surface area contributed by atoms with Gasteiger partial charge < -0.3 is 4.57 Å². The molecule has 0 saturated heterocycles. The molecule has 0 aliphatic heterocycles. The predicted molar refractivity (Wildman–Crippen MR) is 124 cm³/mol. The minimum atomic E-state index is -2.93. The van der Waals surface area contributed by atoms with Crippen LogP contribution in [0.25, 0.3) is 0 Å². The highest BCUT2D eigenvalue weighted by molar-refractivity contribution is 7.78. The molecule has 4 saturated carbocycles. The fraction of sp³-hybridized carbons (Fsp3) is 0.519. The second kappa shape index (κ2) is 6.19. The molecule has 0 radical (unpaired) electrons. The van der Waals surface area contributed by atoms with Crippen LogP contribution in [0.1, 0.15) is 53.4 Å². The molecule has 6 rings (SSSR count). The topological polar surface area (TPSA) is 34.1 Å². The highest BCUT2D eigenvalue weighted by Crippen LogP contribution is 2.82. The van der Waals surface area contributed by atoms with E-state index in [9.17, 15) is 9.36 Å². The van der Waals surface area contributed by atoms with E-state index in [2.05, 4.69) is 27.7 Å². The van der Waals surface area contributed by atoms with Crippen LogP contribution in [0.2, 0.25) is 0 Å². The van der Waals surface area contributed by atoms with E-state index < -0.39 is 12.6 Å². The fourth-order valence-corrected chi connectivity index (χ4v) is 10.9. The van der Waals surface area contributed by atoms with Crippen LogP contribution < -0.4 is 10.6 Å². The third-order valence-electron chi connectivity index (χ3n) is 9.08. The van der Waals surface area contributed by atoms with Crippen LogP contribution in [-0.2, 0) is 9.36 Å². The highest BCUT2D eigenvalue weighted by atomic mass is 31.2. The van der Waals surface area contributed by atoms with Crippen LogP contribution in [0.4, 0.5) is 0 Å². The Morgan fingerprint density at radius 2 is 1.33 bits per heavy atom. The Morgan fingerprint density at radius 3 is 1.70 bits per heavy atom. The molecule has 0 spiro atoms. The number of hydrogen-bond acceptors (Lipinski definition) is 2. The van der Waals surface area contributed by atoms with Crippen molar-refractivity contribution in [1.82, 2.24) is 0 Å². The van der Waals surface area contributed by atoms with Crippen molar-refractivity contribution in [1.29, 1.82) is 0 Å². The molecule has 0 aromatic heterocycles. The average molecular weight is 421 g/mol. The first-order chi connectivity index (χ1) is 14.0. The third-order valence-corrected chi connectivity index (χ3v) is 12.6. The molecule has 2 aromatic rings. The molecule has 0 N–H and O–H groups in total. The van der Waals surface area contributed by atoms with Gasteiger partial charge in [0.25, 0.3) is 0 Å². The van der Waals surface area contributed by atoms with Crippen molar-refractivity contribution >= 4 is 23.5 Å². The van der Waals surface area contributed by atoms with Crippen LogP contribution in [0.15, 0.2) is 60.7 Å². The molecule has 30 heavy (non-hydrogen) atoms. The standard InChI is InChI=1S/C27H33O2P/c1-24(2,23(28)27-17-25(3)15-20(27)16-26(25,4)18-27)19-30(29,21-11-7-5-8-12-21)22-13-9-6-10-14-22/h5-14,20H,15-19H2,1-4H3/t20?,25-,26+,27?. The van der Waals surface area contributed by atoms with Gasteiger partial charge in [-0.15, -0.1) is 0 Å². The molecule has 3 heteroatoms. The minimum absolute atomic E-state index is 0.189.